The number of aromatic nitrogens is 1. The summed E-state index contributed by atoms with van der Waals surface area (Å²) in [7, 11) is 4.63. The van der Waals surface area contributed by atoms with Crippen molar-refractivity contribution in [1.29, 1.82) is 0 Å². The van der Waals surface area contributed by atoms with E-state index in [0.29, 0.717) is 35.2 Å². The monoisotopic (exact) mass is 468 g/mol. The number of benzene rings is 2. The highest BCUT2D eigenvalue weighted by molar-refractivity contribution is 6.31. The molecule has 1 aromatic heterocycles. The molecule has 0 bridgehead atoms. The lowest BCUT2D eigenvalue weighted by Crippen LogP contribution is -2.35. The average Bonchev–Trinajstić information content (AvgIpc) is 3.24. The van der Waals surface area contributed by atoms with Gasteiger partial charge < -0.3 is 24.3 Å². The molecule has 2 heterocycles. The van der Waals surface area contributed by atoms with E-state index < -0.39 is 0 Å². The lowest BCUT2D eigenvalue weighted by atomic mass is 10.0. The molecule has 0 saturated carbocycles. The number of ether oxygens (including phenoxy) is 4. The Morgan fingerprint density at radius 1 is 1.09 bits per heavy atom. The van der Waals surface area contributed by atoms with Crippen LogP contribution in [0.1, 0.15) is 11.1 Å². The molecular weight excluding hydrogens is 444 g/mol. The average molecular weight is 469 g/mol. The Bertz CT molecular complexity index is 1130. The number of carbonyl (C=O) groups is 1. The number of hydrogen-bond donors (Lipinski definition) is 1. The van der Waals surface area contributed by atoms with Gasteiger partial charge in [0.1, 0.15) is 11.9 Å². The number of hydrogen-bond acceptors (Lipinski definition) is 6. The van der Waals surface area contributed by atoms with Crippen LogP contribution in [-0.2, 0) is 17.6 Å². The van der Waals surface area contributed by atoms with Crippen molar-refractivity contribution in [3.8, 4) is 34.1 Å². The first-order chi connectivity index (χ1) is 16.0. The standard InChI is InChI=1S/C25H25ClN2O5/c1-30-21-8-15(9-22(31-2)25(21)32-3)10-23(29)28-14-19-12-17-11-18(26)13-20(24(17)33-19)16-4-6-27-7-5-16/h4-9,11,13,19H,10,12,14H2,1-3H3,(H,28,29). The van der Waals surface area contributed by atoms with Gasteiger partial charge in [-0.25, -0.2) is 0 Å². The van der Waals surface area contributed by atoms with Crippen LogP contribution in [0.3, 0.4) is 0 Å². The molecule has 1 aliphatic rings. The summed E-state index contributed by atoms with van der Waals surface area (Å²) >= 11 is 6.34. The predicted molar refractivity (Wildman–Crippen MR) is 126 cm³/mol. The number of carbonyl (C=O) groups excluding carboxylic acids is 1. The van der Waals surface area contributed by atoms with Crippen molar-refractivity contribution in [2.24, 2.45) is 0 Å². The zero-order valence-corrected chi connectivity index (χ0v) is 19.4. The molecular formula is C25H25ClN2O5. The maximum Gasteiger partial charge on any atom is 0.224 e. The summed E-state index contributed by atoms with van der Waals surface area (Å²) in [5.41, 5.74) is 3.68. The second kappa shape index (κ2) is 10.0. The highest BCUT2D eigenvalue weighted by Gasteiger charge is 2.27. The molecule has 1 atom stereocenters. The Hall–Kier alpha value is -3.45. The van der Waals surface area contributed by atoms with Crippen molar-refractivity contribution in [2.45, 2.75) is 18.9 Å². The zero-order valence-electron chi connectivity index (χ0n) is 18.7. The Morgan fingerprint density at radius 2 is 1.79 bits per heavy atom. The topological polar surface area (TPSA) is 78.9 Å². The summed E-state index contributed by atoms with van der Waals surface area (Å²) < 4.78 is 22.3. The molecule has 1 N–H and O–H groups in total. The van der Waals surface area contributed by atoms with E-state index >= 15 is 0 Å². The van der Waals surface area contributed by atoms with Crippen molar-refractivity contribution >= 4 is 17.5 Å². The van der Waals surface area contributed by atoms with Crippen LogP contribution in [0, 0.1) is 0 Å². The number of rotatable bonds is 8. The predicted octanol–water partition coefficient (Wildman–Crippen LogP) is 4.09. The first-order valence-electron chi connectivity index (χ1n) is 10.5. The fraction of sp³-hybridized carbons (Fsp3) is 0.280. The van der Waals surface area contributed by atoms with Crippen molar-refractivity contribution in [2.75, 3.05) is 27.9 Å². The number of nitrogens with zero attached hydrogens (tertiary/aromatic N) is 1. The molecule has 1 aliphatic heterocycles. The molecule has 1 unspecified atom stereocenters. The normalized spacial score (nSPS) is 14.2. The third kappa shape index (κ3) is 4.98. The molecule has 3 aromatic rings. The van der Waals surface area contributed by atoms with Crippen LogP contribution in [0.5, 0.6) is 23.0 Å². The summed E-state index contributed by atoms with van der Waals surface area (Å²) in [6, 6.07) is 11.2. The number of pyridine rings is 1. The van der Waals surface area contributed by atoms with Gasteiger partial charge in [-0.15, -0.1) is 0 Å². The SMILES string of the molecule is COc1cc(CC(=O)NCC2Cc3cc(Cl)cc(-c4ccncc4)c3O2)cc(OC)c1OC. The third-order valence-electron chi connectivity index (χ3n) is 5.47. The minimum Gasteiger partial charge on any atom is -0.493 e. The molecule has 0 spiro atoms. The van der Waals surface area contributed by atoms with Crippen LogP contribution in [0.25, 0.3) is 11.1 Å². The number of nitrogens with one attached hydrogen (secondary N) is 1. The molecule has 0 fully saturated rings. The largest absolute Gasteiger partial charge is 0.493 e. The lowest BCUT2D eigenvalue weighted by Gasteiger charge is -2.15. The highest BCUT2D eigenvalue weighted by atomic mass is 35.5. The van der Waals surface area contributed by atoms with Gasteiger partial charge >= 0.3 is 0 Å². The molecule has 0 saturated heterocycles. The fourth-order valence-electron chi connectivity index (χ4n) is 3.97. The summed E-state index contributed by atoms with van der Waals surface area (Å²) in [6.07, 6.45) is 4.13. The molecule has 0 aliphatic carbocycles. The van der Waals surface area contributed by atoms with E-state index in [2.05, 4.69) is 10.3 Å². The minimum atomic E-state index is -0.178. The van der Waals surface area contributed by atoms with Gasteiger partial charge in [0.15, 0.2) is 11.5 Å². The van der Waals surface area contributed by atoms with Crippen molar-refractivity contribution in [1.82, 2.24) is 10.3 Å². The van der Waals surface area contributed by atoms with E-state index in [1.165, 1.54) is 0 Å². The highest BCUT2D eigenvalue weighted by Crippen LogP contribution is 2.41. The number of fused-ring (bicyclic) bond motifs is 1. The van der Waals surface area contributed by atoms with E-state index in [9.17, 15) is 4.79 Å². The maximum absolute atomic E-state index is 12.6. The van der Waals surface area contributed by atoms with Gasteiger partial charge in [0, 0.05) is 35.0 Å². The minimum absolute atomic E-state index is 0.129. The van der Waals surface area contributed by atoms with Crippen molar-refractivity contribution < 1.29 is 23.7 Å². The van der Waals surface area contributed by atoms with Gasteiger partial charge in [-0.3, -0.25) is 9.78 Å². The van der Waals surface area contributed by atoms with Crippen LogP contribution in [0.2, 0.25) is 5.02 Å². The Morgan fingerprint density at radius 3 is 2.42 bits per heavy atom. The Balaban J connectivity index is 1.42. The molecule has 4 rings (SSSR count). The Labute approximate surface area is 197 Å². The van der Waals surface area contributed by atoms with E-state index in [1.807, 2.05) is 24.3 Å². The van der Waals surface area contributed by atoms with Gasteiger partial charge in [-0.05, 0) is 47.5 Å². The fourth-order valence-corrected chi connectivity index (χ4v) is 4.21. The van der Waals surface area contributed by atoms with Crippen molar-refractivity contribution in [3.05, 3.63) is 64.9 Å². The molecule has 33 heavy (non-hydrogen) atoms. The van der Waals surface area contributed by atoms with Crippen molar-refractivity contribution in [3.63, 3.8) is 0 Å². The van der Waals surface area contributed by atoms with Crippen LogP contribution in [-0.4, -0.2) is 44.9 Å². The summed E-state index contributed by atoms with van der Waals surface area (Å²) in [6.45, 7) is 0.380. The Kier molecular flexibility index (Phi) is 6.89. The van der Waals surface area contributed by atoms with E-state index in [1.54, 1.807) is 45.9 Å². The van der Waals surface area contributed by atoms with Gasteiger partial charge in [0.25, 0.3) is 0 Å². The first kappa shape index (κ1) is 22.7. The second-order valence-electron chi connectivity index (χ2n) is 7.64. The summed E-state index contributed by atoms with van der Waals surface area (Å²) in [4.78, 5) is 16.7. The second-order valence-corrected chi connectivity index (χ2v) is 8.07. The molecule has 2 aromatic carbocycles. The van der Waals surface area contributed by atoms with Crippen LogP contribution < -0.4 is 24.3 Å². The number of amides is 1. The van der Waals surface area contributed by atoms with E-state index in [0.717, 1.165) is 28.0 Å². The van der Waals surface area contributed by atoms with E-state index in [4.69, 9.17) is 30.5 Å². The molecule has 7 nitrogen and oxygen atoms in total. The number of halogens is 1. The van der Waals surface area contributed by atoms with Crippen LogP contribution in [0.4, 0.5) is 0 Å². The molecule has 1 amide bonds. The van der Waals surface area contributed by atoms with Gasteiger partial charge in [-0.2, -0.15) is 0 Å². The first-order valence-corrected chi connectivity index (χ1v) is 10.8. The quantitative estimate of drug-likeness (QED) is 0.536. The lowest BCUT2D eigenvalue weighted by molar-refractivity contribution is -0.120. The third-order valence-corrected chi connectivity index (χ3v) is 5.69. The van der Waals surface area contributed by atoms with Gasteiger partial charge in [0.2, 0.25) is 11.7 Å². The zero-order chi connectivity index (χ0) is 23.4. The van der Waals surface area contributed by atoms with Crippen LogP contribution in [0.15, 0.2) is 48.8 Å². The molecule has 172 valence electrons. The maximum atomic E-state index is 12.6. The van der Waals surface area contributed by atoms with Gasteiger partial charge in [-0.1, -0.05) is 11.6 Å². The summed E-state index contributed by atoms with van der Waals surface area (Å²) in [5.74, 6) is 2.18. The molecule has 8 heteroatoms. The van der Waals surface area contributed by atoms with Crippen LogP contribution >= 0.6 is 11.6 Å². The van der Waals surface area contributed by atoms with E-state index in [-0.39, 0.29) is 18.4 Å². The molecule has 0 radical (unpaired) electrons. The summed E-state index contributed by atoms with van der Waals surface area (Å²) in [5, 5.41) is 3.61. The smallest absolute Gasteiger partial charge is 0.224 e. The van der Waals surface area contributed by atoms with Gasteiger partial charge in [0.05, 0.1) is 34.3 Å². The number of methoxy groups -OCH3 is 3.